The average Bonchev–Trinajstić information content (AvgIpc) is 2.97. The van der Waals surface area contributed by atoms with Crippen LogP contribution in [-0.4, -0.2) is 14.6 Å². The Morgan fingerprint density at radius 2 is 2.09 bits per heavy atom. The van der Waals surface area contributed by atoms with Crippen molar-refractivity contribution in [3.63, 3.8) is 0 Å². The zero-order chi connectivity index (χ0) is 16.4. The van der Waals surface area contributed by atoms with Gasteiger partial charge in [0, 0.05) is 0 Å². The Labute approximate surface area is 144 Å². The van der Waals surface area contributed by atoms with Crippen LogP contribution in [0.4, 0.5) is 5.69 Å². The fourth-order valence-electron chi connectivity index (χ4n) is 3.14. The lowest BCUT2D eigenvalue weighted by molar-refractivity contribution is -0.195. The summed E-state index contributed by atoms with van der Waals surface area (Å²) in [5.74, 6) is 5.34. The van der Waals surface area contributed by atoms with Crippen molar-refractivity contribution in [3.05, 3.63) is 17.2 Å². The van der Waals surface area contributed by atoms with Gasteiger partial charge in [0.05, 0.1) is 33.8 Å². The molecule has 7 nitrogen and oxygen atoms in total. The second kappa shape index (κ2) is 7.14. The lowest BCUT2D eigenvalue weighted by atomic mass is 10.0. The highest BCUT2D eigenvalue weighted by molar-refractivity contribution is 7.94. The number of benzene rings is 1. The van der Waals surface area contributed by atoms with E-state index in [1.54, 1.807) is 6.07 Å². The van der Waals surface area contributed by atoms with E-state index < -0.39 is 10.0 Å². The normalized spacial score (nSPS) is 23.5. The maximum absolute atomic E-state index is 12.5. The van der Waals surface area contributed by atoms with Gasteiger partial charge in [-0.1, -0.05) is 37.3 Å². The summed E-state index contributed by atoms with van der Waals surface area (Å²) in [5.41, 5.74) is 0.495. The molecule has 1 saturated carbocycles. The molecule has 1 aliphatic heterocycles. The predicted octanol–water partition coefficient (Wildman–Crippen LogP) is 2.78. The number of hydrogen-bond donors (Lipinski definition) is 3. The van der Waals surface area contributed by atoms with Crippen molar-refractivity contribution in [2.24, 2.45) is 11.8 Å². The van der Waals surface area contributed by atoms with Crippen LogP contribution in [0.2, 0.25) is 5.02 Å². The van der Waals surface area contributed by atoms with E-state index in [-0.39, 0.29) is 11.1 Å². The van der Waals surface area contributed by atoms with Gasteiger partial charge in [-0.3, -0.25) is 0 Å². The van der Waals surface area contributed by atoms with Crippen LogP contribution in [0.25, 0.3) is 0 Å². The molecule has 128 valence electrons. The third-order valence-electron chi connectivity index (χ3n) is 4.16. The largest absolute Gasteiger partial charge is 0.368 e. The van der Waals surface area contributed by atoms with Crippen molar-refractivity contribution >= 4 is 39.4 Å². The summed E-state index contributed by atoms with van der Waals surface area (Å²) in [6.45, 7) is 0. The number of anilines is 1. The third kappa shape index (κ3) is 3.93. The van der Waals surface area contributed by atoms with E-state index in [0.717, 1.165) is 31.3 Å². The number of halogens is 1. The Morgan fingerprint density at radius 3 is 2.78 bits per heavy atom. The fraction of sp³-hybridized carbons (Fsp3) is 0.538. The summed E-state index contributed by atoms with van der Waals surface area (Å²) in [4.78, 5) is 4.54. The highest BCUT2D eigenvalue weighted by Gasteiger charge is 2.32. The van der Waals surface area contributed by atoms with E-state index in [2.05, 4.69) is 19.4 Å². The molecule has 23 heavy (non-hydrogen) atoms. The van der Waals surface area contributed by atoms with Crippen molar-refractivity contribution in [2.45, 2.75) is 48.1 Å². The molecule has 3 rings (SSSR count). The molecule has 1 heterocycles. The number of hydrogen-bond acceptors (Lipinski definition) is 7. The van der Waals surface area contributed by atoms with Crippen molar-refractivity contribution in [3.8, 4) is 0 Å². The fourth-order valence-corrected chi connectivity index (χ4v) is 5.23. The maximum Gasteiger partial charge on any atom is 0.244 e. The first kappa shape index (κ1) is 17.3. The van der Waals surface area contributed by atoms with Gasteiger partial charge < -0.3 is 5.32 Å². The smallest absolute Gasteiger partial charge is 0.244 e. The highest BCUT2D eigenvalue weighted by atomic mass is 35.5. The Hall–Kier alpha value is -0.550. The van der Waals surface area contributed by atoms with Crippen LogP contribution in [0.15, 0.2) is 21.9 Å². The molecule has 0 radical (unpaired) electrons. The van der Waals surface area contributed by atoms with Crippen LogP contribution in [-0.2, 0) is 19.3 Å². The lowest BCUT2D eigenvalue weighted by Gasteiger charge is -2.30. The van der Waals surface area contributed by atoms with Crippen LogP contribution in [0.3, 0.4) is 0 Å². The monoisotopic (exact) mass is 379 g/mol. The standard InChI is InChI=1S/C13H18ClN3O4S2/c14-9-6-10-12(7-11(9)22-21-20-15)23(18,19)17-13(16-10)5-8-3-1-2-4-8/h6-8,13,16-17H,1-5,15H2. The quantitative estimate of drug-likeness (QED) is 0.410. The first-order valence-electron chi connectivity index (χ1n) is 7.32. The van der Waals surface area contributed by atoms with E-state index in [1.165, 1.54) is 18.9 Å². The van der Waals surface area contributed by atoms with Gasteiger partial charge >= 0.3 is 0 Å². The van der Waals surface area contributed by atoms with Crippen LogP contribution in [0, 0.1) is 5.92 Å². The molecule has 0 bridgehead atoms. The predicted molar refractivity (Wildman–Crippen MR) is 88.0 cm³/mol. The SMILES string of the molecule is NOOSc1cc2c(cc1Cl)NC(CC1CCCC1)NS2(=O)=O. The summed E-state index contributed by atoms with van der Waals surface area (Å²) in [6.07, 6.45) is 5.21. The number of sulfonamides is 1. The first-order valence-corrected chi connectivity index (χ1v) is 9.92. The first-order chi connectivity index (χ1) is 11.0. The van der Waals surface area contributed by atoms with Crippen molar-refractivity contribution in [1.29, 1.82) is 0 Å². The van der Waals surface area contributed by atoms with Gasteiger partial charge in [-0.05, 0) is 24.5 Å². The Morgan fingerprint density at radius 1 is 1.35 bits per heavy atom. The van der Waals surface area contributed by atoms with Crippen molar-refractivity contribution < 1.29 is 17.7 Å². The second-order valence-electron chi connectivity index (χ2n) is 5.73. The minimum atomic E-state index is -3.61. The molecule has 2 aliphatic rings. The van der Waals surface area contributed by atoms with Crippen LogP contribution in [0.1, 0.15) is 32.1 Å². The average molecular weight is 380 g/mol. The topological polar surface area (TPSA) is 103 Å². The van der Waals surface area contributed by atoms with Crippen molar-refractivity contribution in [2.75, 3.05) is 5.32 Å². The second-order valence-corrected chi connectivity index (χ2v) is 8.56. The molecule has 1 aromatic carbocycles. The van der Waals surface area contributed by atoms with Crippen molar-refractivity contribution in [1.82, 2.24) is 4.72 Å². The molecule has 1 aliphatic carbocycles. The minimum Gasteiger partial charge on any atom is -0.368 e. The summed E-state index contributed by atoms with van der Waals surface area (Å²) in [7, 11) is -3.61. The third-order valence-corrected chi connectivity index (χ3v) is 6.76. The molecular formula is C13H18ClN3O4S2. The van der Waals surface area contributed by atoms with Gasteiger partial charge in [-0.15, -0.1) is 9.32 Å². The lowest BCUT2D eigenvalue weighted by Crippen LogP contribution is -2.45. The van der Waals surface area contributed by atoms with Gasteiger partial charge in [-0.2, -0.15) is 10.6 Å². The number of nitrogens with two attached hydrogens (primary N) is 1. The Balaban J connectivity index is 1.84. The van der Waals surface area contributed by atoms with E-state index in [0.29, 0.717) is 21.5 Å². The summed E-state index contributed by atoms with van der Waals surface area (Å²) >= 11 is 6.90. The van der Waals surface area contributed by atoms with Gasteiger partial charge in [0.25, 0.3) is 0 Å². The zero-order valence-electron chi connectivity index (χ0n) is 12.2. The summed E-state index contributed by atoms with van der Waals surface area (Å²) in [5, 5.41) is 3.58. The molecule has 0 aromatic heterocycles. The van der Waals surface area contributed by atoms with Gasteiger partial charge in [0.15, 0.2) is 0 Å². The molecule has 4 N–H and O–H groups in total. The summed E-state index contributed by atoms with van der Waals surface area (Å²) < 4.78 is 32.2. The Bertz CT molecular complexity index is 680. The van der Waals surface area contributed by atoms with E-state index in [9.17, 15) is 8.42 Å². The van der Waals surface area contributed by atoms with Crippen LogP contribution < -0.4 is 15.9 Å². The number of fused-ring (bicyclic) bond motifs is 1. The van der Waals surface area contributed by atoms with Crippen LogP contribution >= 0.6 is 23.6 Å². The van der Waals surface area contributed by atoms with E-state index in [4.69, 9.17) is 17.5 Å². The van der Waals surface area contributed by atoms with Gasteiger partial charge in [0.1, 0.15) is 4.90 Å². The molecule has 0 amide bonds. The molecule has 0 saturated heterocycles. The maximum atomic E-state index is 12.5. The number of nitrogens with one attached hydrogen (secondary N) is 2. The molecule has 1 aromatic rings. The van der Waals surface area contributed by atoms with Gasteiger partial charge in [0.2, 0.25) is 10.0 Å². The van der Waals surface area contributed by atoms with Gasteiger partial charge in [-0.25, -0.2) is 8.42 Å². The number of rotatable bonds is 5. The minimum absolute atomic E-state index is 0.132. The molecular weight excluding hydrogens is 362 g/mol. The molecule has 0 spiro atoms. The van der Waals surface area contributed by atoms with E-state index in [1.807, 2.05) is 0 Å². The van der Waals surface area contributed by atoms with E-state index >= 15 is 0 Å². The Kier molecular flexibility index (Phi) is 5.36. The summed E-state index contributed by atoms with van der Waals surface area (Å²) in [6, 6.07) is 3.02. The molecule has 1 unspecified atom stereocenters. The molecule has 10 heteroatoms. The molecule has 1 fully saturated rings. The molecule has 1 atom stereocenters. The van der Waals surface area contributed by atoms with Crippen LogP contribution in [0.5, 0.6) is 0 Å². The zero-order valence-corrected chi connectivity index (χ0v) is 14.6. The highest BCUT2D eigenvalue weighted by Crippen LogP contribution is 2.38.